The normalized spacial score (nSPS) is 24.8. The molecule has 0 aromatic carbocycles. The summed E-state index contributed by atoms with van der Waals surface area (Å²) in [7, 11) is 0. The Kier molecular flexibility index (Phi) is 4.62. The lowest BCUT2D eigenvalue weighted by Crippen LogP contribution is -2.27. The van der Waals surface area contributed by atoms with Crippen LogP contribution in [0.15, 0.2) is 0 Å². The first kappa shape index (κ1) is 10.0. The molecule has 1 saturated heterocycles. The number of rotatable bonds is 4. The average Bonchev–Trinajstić information content (AvgIpc) is 2.05. The summed E-state index contributed by atoms with van der Waals surface area (Å²) in [6.45, 7) is 7.49. The van der Waals surface area contributed by atoms with Gasteiger partial charge >= 0.3 is 0 Å². The minimum atomic E-state index is 0.620. The van der Waals surface area contributed by atoms with Gasteiger partial charge in [0.2, 0.25) is 0 Å². The molecule has 0 aliphatic carbocycles. The monoisotopic (exact) mass is 171 g/mol. The Morgan fingerprint density at radius 2 is 2.33 bits per heavy atom. The summed E-state index contributed by atoms with van der Waals surface area (Å²) in [5, 5.41) is 3.44. The minimum absolute atomic E-state index is 0.620. The van der Waals surface area contributed by atoms with Crippen molar-refractivity contribution in [2.45, 2.75) is 39.2 Å². The van der Waals surface area contributed by atoms with Gasteiger partial charge in [0.1, 0.15) is 0 Å². The van der Waals surface area contributed by atoms with E-state index in [1.807, 2.05) is 0 Å². The quantitative estimate of drug-likeness (QED) is 0.696. The Morgan fingerprint density at radius 3 is 2.92 bits per heavy atom. The van der Waals surface area contributed by atoms with E-state index in [1.165, 1.54) is 19.3 Å². The molecular formula is C10H21NO. The van der Waals surface area contributed by atoms with Crippen LogP contribution in [0.5, 0.6) is 0 Å². The van der Waals surface area contributed by atoms with Gasteiger partial charge in [-0.25, -0.2) is 0 Å². The summed E-state index contributed by atoms with van der Waals surface area (Å²) in [6, 6.07) is 0.620. The number of nitrogens with one attached hydrogen (secondary N) is 1. The molecule has 1 heterocycles. The summed E-state index contributed by atoms with van der Waals surface area (Å²) in [5.41, 5.74) is 0. The van der Waals surface area contributed by atoms with E-state index >= 15 is 0 Å². The zero-order valence-electron chi connectivity index (χ0n) is 8.31. The molecule has 1 aliphatic heterocycles. The van der Waals surface area contributed by atoms with Gasteiger partial charge in [-0.1, -0.05) is 13.8 Å². The minimum Gasteiger partial charge on any atom is -0.381 e. The molecule has 2 nitrogen and oxygen atoms in total. The lowest BCUT2D eigenvalue weighted by atomic mass is 9.99. The highest BCUT2D eigenvalue weighted by atomic mass is 16.5. The van der Waals surface area contributed by atoms with Crippen molar-refractivity contribution in [3.8, 4) is 0 Å². The van der Waals surface area contributed by atoms with Gasteiger partial charge in [0.15, 0.2) is 0 Å². The fraction of sp³-hybridized carbons (Fsp3) is 1.00. The topological polar surface area (TPSA) is 21.3 Å². The van der Waals surface area contributed by atoms with E-state index in [0.29, 0.717) is 6.04 Å². The smallest absolute Gasteiger partial charge is 0.0494 e. The van der Waals surface area contributed by atoms with Crippen LogP contribution < -0.4 is 5.32 Å². The number of ether oxygens (including phenoxy) is 1. The molecule has 0 bridgehead atoms. The van der Waals surface area contributed by atoms with Crippen molar-refractivity contribution >= 4 is 0 Å². The van der Waals surface area contributed by atoms with E-state index in [4.69, 9.17) is 4.74 Å². The molecule has 1 N–H and O–H groups in total. The molecule has 0 unspecified atom stereocenters. The lowest BCUT2D eigenvalue weighted by molar-refractivity contribution is 0.0516. The summed E-state index contributed by atoms with van der Waals surface area (Å²) in [6.07, 6.45) is 3.89. The van der Waals surface area contributed by atoms with Crippen LogP contribution in [-0.4, -0.2) is 25.8 Å². The Labute approximate surface area is 75.7 Å². The van der Waals surface area contributed by atoms with Gasteiger partial charge in [0.05, 0.1) is 0 Å². The van der Waals surface area contributed by atoms with E-state index in [9.17, 15) is 0 Å². The van der Waals surface area contributed by atoms with Gasteiger partial charge in [-0.15, -0.1) is 0 Å². The number of hydrogen-bond acceptors (Lipinski definition) is 2. The molecule has 1 rings (SSSR count). The molecular weight excluding hydrogens is 150 g/mol. The van der Waals surface area contributed by atoms with Crippen molar-refractivity contribution in [2.24, 2.45) is 5.92 Å². The first-order chi connectivity index (χ1) is 5.79. The fourth-order valence-electron chi connectivity index (χ4n) is 1.61. The van der Waals surface area contributed by atoms with E-state index in [2.05, 4.69) is 19.2 Å². The first-order valence-electron chi connectivity index (χ1n) is 5.10. The molecule has 1 atom stereocenters. The Hall–Kier alpha value is -0.0800. The predicted molar refractivity (Wildman–Crippen MR) is 51.3 cm³/mol. The summed E-state index contributed by atoms with van der Waals surface area (Å²) < 4.78 is 5.41. The van der Waals surface area contributed by atoms with Gasteiger partial charge < -0.3 is 10.1 Å². The van der Waals surface area contributed by atoms with E-state index in [0.717, 1.165) is 25.7 Å². The molecule has 12 heavy (non-hydrogen) atoms. The fourth-order valence-corrected chi connectivity index (χ4v) is 1.61. The molecule has 0 aromatic heterocycles. The highest BCUT2D eigenvalue weighted by Gasteiger charge is 2.12. The van der Waals surface area contributed by atoms with E-state index in [1.54, 1.807) is 0 Å². The molecule has 1 aliphatic rings. The molecule has 0 saturated carbocycles. The Balaban J connectivity index is 1.98. The Bertz CT molecular complexity index is 108. The maximum Gasteiger partial charge on any atom is 0.0494 e. The Morgan fingerprint density at radius 1 is 1.50 bits per heavy atom. The molecule has 1 fully saturated rings. The standard InChI is InChI=1S/C10H21NO/c1-9(2)11-6-5-10-4-3-7-12-8-10/h9-11H,3-8H2,1-2H3/t10-/m0/s1. The first-order valence-corrected chi connectivity index (χ1v) is 5.10. The summed E-state index contributed by atoms with van der Waals surface area (Å²) in [4.78, 5) is 0. The zero-order valence-corrected chi connectivity index (χ0v) is 8.31. The van der Waals surface area contributed by atoms with Gasteiger partial charge in [0.25, 0.3) is 0 Å². The third-order valence-electron chi connectivity index (χ3n) is 2.36. The second-order valence-corrected chi connectivity index (χ2v) is 3.98. The molecule has 0 spiro atoms. The van der Waals surface area contributed by atoms with Gasteiger partial charge in [0, 0.05) is 19.3 Å². The highest BCUT2D eigenvalue weighted by molar-refractivity contribution is 4.65. The van der Waals surface area contributed by atoms with Crippen molar-refractivity contribution in [3.05, 3.63) is 0 Å². The molecule has 2 heteroatoms. The van der Waals surface area contributed by atoms with Crippen LogP contribution in [0.2, 0.25) is 0 Å². The van der Waals surface area contributed by atoms with Crippen LogP contribution in [0.4, 0.5) is 0 Å². The van der Waals surface area contributed by atoms with Crippen LogP contribution in [0.1, 0.15) is 33.1 Å². The lowest BCUT2D eigenvalue weighted by Gasteiger charge is -2.22. The van der Waals surface area contributed by atoms with Crippen LogP contribution in [0.3, 0.4) is 0 Å². The van der Waals surface area contributed by atoms with Crippen molar-refractivity contribution in [1.29, 1.82) is 0 Å². The van der Waals surface area contributed by atoms with Crippen molar-refractivity contribution in [2.75, 3.05) is 19.8 Å². The van der Waals surface area contributed by atoms with Crippen LogP contribution in [0, 0.1) is 5.92 Å². The second kappa shape index (κ2) is 5.55. The van der Waals surface area contributed by atoms with Crippen LogP contribution >= 0.6 is 0 Å². The van der Waals surface area contributed by atoms with Crippen LogP contribution in [0.25, 0.3) is 0 Å². The van der Waals surface area contributed by atoms with E-state index in [-0.39, 0.29) is 0 Å². The van der Waals surface area contributed by atoms with Gasteiger partial charge in [-0.3, -0.25) is 0 Å². The number of hydrogen-bond donors (Lipinski definition) is 1. The molecule has 72 valence electrons. The average molecular weight is 171 g/mol. The summed E-state index contributed by atoms with van der Waals surface area (Å²) in [5.74, 6) is 0.810. The van der Waals surface area contributed by atoms with Crippen molar-refractivity contribution in [1.82, 2.24) is 5.32 Å². The second-order valence-electron chi connectivity index (χ2n) is 3.98. The SMILES string of the molecule is CC(C)NCC[C@@H]1CCCOC1. The summed E-state index contributed by atoms with van der Waals surface area (Å²) >= 11 is 0. The molecule has 0 aromatic rings. The maximum absolute atomic E-state index is 5.41. The van der Waals surface area contributed by atoms with Gasteiger partial charge in [-0.05, 0) is 31.7 Å². The third-order valence-corrected chi connectivity index (χ3v) is 2.36. The largest absolute Gasteiger partial charge is 0.381 e. The van der Waals surface area contributed by atoms with Crippen molar-refractivity contribution in [3.63, 3.8) is 0 Å². The third kappa shape index (κ3) is 4.07. The van der Waals surface area contributed by atoms with Gasteiger partial charge in [-0.2, -0.15) is 0 Å². The predicted octanol–water partition coefficient (Wildman–Crippen LogP) is 1.80. The molecule has 0 amide bonds. The highest BCUT2D eigenvalue weighted by Crippen LogP contribution is 2.16. The van der Waals surface area contributed by atoms with E-state index < -0.39 is 0 Å². The molecule has 0 radical (unpaired) electrons. The zero-order chi connectivity index (χ0) is 8.81. The van der Waals surface area contributed by atoms with Crippen LogP contribution in [-0.2, 0) is 4.74 Å². The van der Waals surface area contributed by atoms with Crippen molar-refractivity contribution < 1.29 is 4.74 Å². The maximum atomic E-state index is 5.41.